The van der Waals surface area contributed by atoms with Gasteiger partial charge >= 0.3 is 6.03 Å². The van der Waals surface area contributed by atoms with E-state index < -0.39 is 0 Å². The van der Waals surface area contributed by atoms with Crippen LogP contribution in [0.2, 0.25) is 0 Å². The first-order valence-corrected chi connectivity index (χ1v) is 11.3. The third-order valence-electron chi connectivity index (χ3n) is 7.84. The van der Waals surface area contributed by atoms with Crippen LogP contribution >= 0.6 is 0 Å². The molecule has 1 aromatic heterocycles. The third-order valence-corrected chi connectivity index (χ3v) is 7.84. The molecule has 154 valence electrons. The SMILES string of the molecule is CCn1cc(CN2CCN(C(=O)NC34CC5CC(CC(C5)C3)C4)CC2)c(C)n1. The number of amides is 2. The molecule has 0 aromatic carbocycles. The van der Waals surface area contributed by atoms with Gasteiger partial charge in [-0.3, -0.25) is 9.58 Å². The molecule has 1 N–H and O–H groups in total. The van der Waals surface area contributed by atoms with Crippen molar-refractivity contribution in [2.45, 2.75) is 71.0 Å². The van der Waals surface area contributed by atoms with Gasteiger partial charge in [-0.05, 0) is 70.1 Å². The van der Waals surface area contributed by atoms with Crippen LogP contribution in [-0.4, -0.2) is 57.3 Å². The van der Waals surface area contributed by atoms with E-state index in [-0.39, 0.29) is 11.6 Å². The van der Waals surface area contributed by atoms with Crippen LogP contribution in [0.5, 0.6) is 0 Å². The molecule has 6 rings (SSSR count). The summed E-state index contributed by atoms with van der Waals surface area (Å²) in [6.45, 7) is 9.64. The Bertz CT molecular complexity index is 698. The molecule has 2 amide bonds. The molecule has 0 unspecified atom stereocenters. The van der Waals surface area contributed by atoms with Gasteiger partial charge in [-0.2, -0.15) is 5.10 Å². The lowest BCUT2D eigenvalue weighted by Gasteiger charge is -2.57. The lowest BCUT2D eigenvalue weighted by atomic mass is 9.53. The normalized spacial score (nSPS) is 34.8. The van der Waals surface area contributed by atoms with Crippen molar-refractivity contribution in [3.63, 3.8) is 0 Å². The maximum absolute atomic E-state index is 13.0. The van der Waals surface area contributed by atoms with Crippen molar-refractivity contribution >= 4 is 6.03 Å². The van der Waals surface area contributed by atoms with Crippen LogP contribution in [0.25, 0.3) is 0 Å². The van der Waals surface area contributed by atoms with E-state index in [1.165, 1.54) is 44.1 Å². The highest BCUT2D eigenvalue weighted by molar-refractivity contribution is 5.75. The predicted octanol–water partition coefficient (Wildman–Crippen LogP) is 3.01. The number of aromatic nitrogens is 2. The molecule has 0 spiro atoms. The Hall–Kier alpha value is -1.56. The molecule has 5 fully saturated rings. The van der Waals surface area contributed by atoms with E-state index in [0.717, 1.165) is 62.7 Å². The molecule has 5 aliphatic rings. The van der Waals surface area contributed by atoms with Crippen molar-refractivity contribution < 1.29 is 4.79 Å². The summed E-state index contributed by atoms with van der Waals surface area (Å²) in [5, 5.41) is 8.09. The van der Waals surface area contributed by atoms with Gasteiger partial charge in [0.15, 0.2) is 0 Å². The first-order valence-electron chi connectivity index (χ1n) is 11.3. The molecule has 28 heavy (non-hydrogen) atoms. The van der Waals surface area contributed by atoms with E-state index in [2.05, 4.69) is 40.3 Å². The first kappa shape index (κ1) is 18.5. The Balaban J connectivity index is 1.15. The van der Waals surface area contributed by atoms with Crippen LogP contribution in [0, 0.1) is 24.7 Å². The number of nitrogens with one attached hydrogen (secondary N) is 1. The van der Waals surface area contributed by atoms with Gasteiger partial charge in [0.25, 0.3) is 0 Å². The van der Waals surface area contributed by atoms with E-state index in [4.69, 9.17) is 0 Å². The van der Waals surface area contributed by atoms with E-state index in [9.17, 15) is 4.79 Å². The van der Waals surface area contributed by atoms with Crippen molar-refractivity contribution in [2.24, 2.45) is 17.8 Å². The van der Waals surface area contributed by atoms with Gasteiger partial charge in [-0.25, -0.2) is 4.79 Å². The quantitative estimate of drug-likeness (QED) is 0.867. The van der Waals surface area contributed by atoms with E-state index in [1.807, 2.05) is 4.68 Å². The second-order valence-corrected chi connectivity index (χ2v) is 9.99. The highest BCUT2D eigenvalue weighted by atomic mass is 16.2. The average Bonchev–Trinajstić information content (AvgIpc) is 3.00. The number of nitrogens with zero attached hydrogens (tertiary/aromatic N) is 4. The van der Waals surface area contributed by atoms with Gasteiger partial charge in [-0.1, -0.05) is 0 Å². The molecule has 1 aliphatic heterocycles. The Kier molecular flexibility index (Phi) is 4.65. The third kappa shape index (κ3) is 3.44. The van der Waals surface area contributed by atoms with Gasteiger partial charge in [0, 0.05) is 56.6 Å². The maximum Gasteiger partial charge on any atom is 0.317 e. The monoisotopic (exact) mass is 385 g/mol. The molecule has 6 heteroatoms. The summed E-state index contributed by atoms with van der Waals surface area (Å²) in [5.41, 5.74) is 2.56. The van der Waals surface area contributed by atoms with Crippen molar-refractivity contribution in [3.05, 3.63) is 17.5 Å². The molecular weight excluding hydrogens is 350 g/mol. The number of hydrogen-bond donors (Lipinski definition) is 1. The van der Waals surface area contributed by atoms with Crippen molar-refractivity contribution in [3.8, 4) is 0 Å². The van der Waals surface area contributed by atoms with E-state index in [0.29, 0.717) is 0 Å². The fourth-order valence-corrected chi connectivity index (χ4v) is 6.80. The van der Waals surface area contributed by atoms with Gasteiger partial charge in [0.05, 0.1) is 5.69 Å². The fraction of sp³-hybridized carbons (Fsp3) is 0.818. The molecular formula is C22H35N5O. The number of urea groups is 1. The molecule has 4 saturated carbocycles. The summed E-state index contributed by atoms with van der Waals surface area (Å²) in [6.07, 6.45) is 10.1. The fourth-order valence-electron chi connectivity index (χ4n) is 6.80. The predicted molar refractivity (Wildman–Crippen MR) is 109 cm³/mol. The molecule has 4 bridgehead atoms. The number of aryl methyl sites for hydroxylation is 2. The second kappa shape index (κ2) is 7.05. The lowest BCUT2D eigenvalue weighted by molar-refractivity contribution is -0.0165. The van der Waals surface area contributed by atoms with Gasteiger partial charge < -0.3 is 10.2 Å². The minimum Gasteiger partial charge on any atom is -0.333 e. The topological polar surface area (TPSA) is 53.4 Å². The highest BCUT2D eigenvalue weighted by Gasteiger charge is 2.51. The molecule has 1 saturated heterocycles. The summed E-state index contributed by atoms with van der Waals surface area (Å²) in [6, 6.07) is 0.191. The molecule has 1 aromatic rings. The summed E-state index contributed by atoms with van der Waals surface area (Å²) in [5.74, 6) is 2.61. The van der Waals surface area contributed by atoms with Crippen LogP contribution < -0.4 is 5.32 Å². The Labute approximate surface area is 168 Å². The number of carbonyl (C=O) groups is 1. The minimum atomic E-state index is 0.120. The molecule has 6 nitrogen and oxygen atoms in total. The molecule has 0 radical (unpaired) electrons. The largest absolute Gasteiger partial charge is 0.333 e. The number of carbonyl (C=O) groups excluding carboxylic acids is 1. The van der Waals surface area contributed by atoms with Crippen LogP contribution in [0.15, 0.2) is 6.20 Å². The number of hydrogen-bond acceptors (Lipinski definition) is 3. The Morgan fingerprint density at radius 3 is 2.25 bits per heavy atom. The first-order chi connectivity index (χ1) is 13.5. The number of piperazine rings is 1. The van der Waals surface area contributed by atoms with Crippen molar-refractivity contribution in [1.82, 2.24) is 24.9 Å². The van der Waals surface area contributed by atoms with Crippen LogP contribution in [0.4, 0.5) is 4.79 Å². The number of rotatable bonds is 4. The van der Waals surface area contributed by atoms with Gasteiger partial charge in [0.1, 0.15) is 0 Å². The van der Waals surface area contributed by atoms with Crippen LogP contribution in [0.1, 0.15) is 56.7 Å². The van der Waals surface area contributed by atoms with Crippen molar-refractivity contribution in [2.75, 3.05) is 26.2 Å². The summed E-state index contributed by atoms with van der Waals surface area (Å²) in [7, 11) is 0. The Morgan fingerprint density at radius 2 is 1.71 bits per heavy atom. The van der Waals surface area contributed by atoms with Gasteiger partial charge in [0.2, 0.25) is 0 Å². The van der Waals surface area contributed by atoms with Crippen molar-refractivity contribution in [1.29, 1.82) is 0 Å². The summed E-state index contributed by atoms with van der Waals surface area (Å²) < 4.78 is 2.01. The standard InChI is InChI=1S/C22H35N5O/c1-3-27-15-20(16(2)24-27)14-25-4-6-26(7-5-25)21(28)23-22-11-17-8-18(12-22)10-19(9-17)13-22/h15,17-19H,3-14H2,1-2H3,(H,23,28). The lowest BCUT2D eigenvalue weighted by Crippen LogP contribution is -2.63. The molecule has 4 aliphatic carbocycles. The zero-order valence-electron chi connectivity index (χ0n) is 17.5. The average molecular weight is 386 g/mol. The van der Waals surface area contributed by atoms with E-state index >= 15 is 0 Å². The Morgan fingerprint density at radius 1 is 1.11 bits per heavy atom. The molecule has 2 heterocycles. The highest BCUT2D eigenvalue weighted by Crippen LogP contribution is 2.55. The zero-order chi connectivity index (χ0) is 19.3. The van der Waals surface area contributed by atoms with E-state index in [1.54, 1.807) is 0 Å². The maximum atomic E-state index is 13.0. The smallest absolute Gasteiger partial charge is 0.317 e. The summed E-state index contributed by atoms with van der Waals surface area (Å²) >= 11 is 0. The van der Waals surface area contributed by atoms with Gasteiger partial charge in [-0.15, -0.1) is 0 Å². The van der Waals surface area contributed by atoms with Crippen LogP contribution in [-0.2, 0) is 13.1 Å². The van der Waals surface area contributed by atoms with Crippen LogP contribution in [0.3, 0.4) is 0 Å². The summed E-state index contributed by atoms with van der Waals surface area (Å²) in [4.78, 5) is 17.5. The molecule has 0 atom stereocenters. The zero-order valence-corrected chi connectivity index (χ0v) is 17.5. The second-order valence-electron chi connectivity index (χ2n) is 9.99. The minimum absolute atomic E-state index is 0.120.